The number of ether oxygens (including phenoxy) is 1. The van der Waals surface area contributed by atoms with Gasteiger partial charge in [-0.15, -0.1) is 5.10 Å². The summed E-state index contributed by atoms with van der Waals surface area (Å²) in [5.74, 6) is 1.13. The van der Waals surface area contributed by atoms with Crippen LogP contribution in [0.3, 0.4) is 0 Å². The Morgan fingerprint density at radius 3 is 2.73 bits per heavy atom. The van der Waals surface area contributed by atoms with Crippen LogP contribution < -0.4 is 15.0 Å². The molecule has 1 saturated heterocycles. The van der Waals surface area contributed by atoms with Gasteiger partial charge in [0.2, 0.25) is 5.95 Å². The van der Waals surface area contributed by atoms with Gasteiger partial charge in [0, 0.05) is 30.9 Å². The van der Waals surface area contributed by atoms with E-state index in [-0.39, 0.29) is 22.8 Å². The molecule has 2 aromatic heterocycles. The maximum atomic E-state index is 14.3. The lowest BCUT2D eigenvalue weighted by atomic mass is 9.92. The van der Waals surface area contributed by atoms with Crippen LogP contribution in [0.4, 0.5) is 20.5 Å². The van der Waals surface area contributed by atoms with Gasteiger partial charge in [0.05, 0.1) is 11.2 Å². The lowest BCUT2D eigenvalue weighted by molar-refractivity contribution is 0.374. The number of hydrogen-bond donors (Lipinski definition) is 1. The summed E-state index contributed by atoms with van der Waals surface area (Å²) in [7, 11) is 0. The number of hydrogen-bond acceptors (Lipinski definition) is 7. The van der Waals surface area contributed by atoms with Gasteiger partial charge in [0.15, 0.2) is 11.6 Å². The molecule has 33 heavy (non-hydrogen) atoms. The van der Waals surface area contributed by atoms with Gasteiger partial charge in [-0.25, -0.2) is 18.7 Å². The van der Waals surface area contributed by atoms with Gasteiger partial charge >= 0.3 is 6.01 Å². The maximum absolute atomic E-state index is 14.3. The van der Waals surface area contributed by atoms with Gasteiger partial charge in [-0.05, 0) is 43.7 Å². The Labute approximate surface area is 194 Å². The molecule has 1 aromatic carbocycles. The first-order valence-corrected chi connectivity index (χ1v) is 11.0. The minimum atomic E-state index is -0.724. The predicted octanol–water partition coefficient (Wildman–Crippen LogP) is 4.69. The third kappa shape index (κ3) is 4.35. The van der Waals surface area contributed by atoms with Crippen molar-refractivity contribution in [3.05, 3.63) is 53.5 Å². The predicted molar refractivity (Wildman–Crippen MR) is 121 cm³/mol. The van der Waals surface area contributed by atoms with Crippen LogP contribution in [0.25, 0.3) is 6.20 Å². The zero-order valence-electron chi connectivity index (χ0n) is 17.8. The van der Waals surface area contributed by atoms with Crippen LogP contribution in [0.2, 0.25) is 5.02 Å². The van der Waals surface area contributed by atoms with Gasteiger partial charge in [0.25, 0.3) is 0 Å². The number of piperidine rings is 1. The molecule has 2 bridgehead atoms. The molecular weight excluding hydrogens is 452 g/mol. The molecule has 1 N–H and O–H groups in total. The fourth-order valence-electron chi connectivity index (χ4n) is 4.66. The van der Waals surface area contributed by atoms with Crippen LogP contribution in [0.15, 0.2) is 36.9 Å². The number of nitrogens with zero attached hydrogens (tertiary/aromatic N) is 6. The second-order valence-corrected chi connectivity index (χ2v) is 8.69. The summed E-state index contributed by atoms with van der Waals surface area (Å²) in [4.78, 5) is 15.2. The third-order valence-electron chi connectivity index (χ3n) is 6.16. The zero-order valence-corrected chi connectivity index (χ0v) is 18.6. The molecule has 5 rings (SSSR count). The molecule has 3 heterocycles. The third-order valence-corrected chi connectivity index (χ3v) is 6.45. The molecule has 11 heteroatoms. The summed E-state index contributed by atoms with van der Waals surface area (Å²) >= 11 is 5.82. The van der Waals surface area contributed by atoms with E-state index in [9.17, 15) is 8.78 Å². The number of anilines is 2. The number of rotatable bonds is 6. The summed E-state index contributed by atoms with van der Waals surface area (Å²) in [6, 6.07) is 6.46. The van der Waals surface area contributed by atoms with E-state index in [1.54, 1.807) is 12.4 Å². The SMILES string of the molecule is Cc1cc(N2C[C@H]3CC[C@@H](C2)[C@H]3Nc2nc(Oc3cccc(Cl)c3F)n(/C=C/F)n2)ncn1. The Bertz CT molecular complexity index is 1170. The molecule has 3 atom stereocenters. The minimum Gasteiger partial charge on any atom is -0.421 e. The van der Waals surface area contributed by atoms with Gasteiger partial charge in [-0.1, -0.05) is 17.7 Å². The van der Waals surface area contributed by atoms with Gasteiger partial charge in [-0.2, -0.15) is 9.67 Å². The number of benzene rings is 1. The quantitative estimate of drug-likeness (QED) is 0.556. The van der Waals surface area contributed by atoms with Crippen LogP contribution in [0, 0.1) is 24.6 Å². The molecule has 172 valence electrons. The van der Waals surface area contributed by atoms with E-state index in [0.29, 0.717) is 24.1 Å². The van der Waals surface area contributed by atoms with Crippen molar-refractivity contribution < 1.29 is 13.5 Å². The van der Waals surface area contributed by atoms with Crippen LogP contribution in [-0.4, -0.2) is 43.9 Å². The Balaban J connectivity index is 1.34. The molecule has 0 amide bonds. The standard InChI is InChI=1S/C22H22ClF2N7O/c1-13-9-18(27-12-26-13)31-10-14-5-6-15(11-31)20(14)28-21-29-22(32(30-21)8-7-24)33-17-4-2-3-16(23)19(17)25/h2-4,7-9,12,14-15,20H,5-6,10-11H2,1H3,(H,28,30)/b8-7+/t14-,15+,20+. The van der Waals surface area contributed by atoms with E-state index < -0.39 is 5.82 Å². The molecule has 0 spiro atoms. The summed E-state index contributed by atoms with van der Waals surface area (Å²) in [6.07, 6.45) is 5.10. The Kier molecular flexibility index (Phi) is 5.84. The van der Waals surface area contributed by atoms with Crippen molar-refractivity contribution >= 4 is 29.6 Å². The van der Waals surface area contributed by atoms with Crippen molar-refractivity contribution in [1.29, 1.82) is 0 Å². The van der Waals surface area contributed by atoms with E-state index in [2.05, 4.69) is 30.3 Å². The highest BCUT2D eigenvalue weighted by molar-refractivity contribution is 6.30. The highest BCUT2D eigenvalue weighted by atomic mass is 35.5. The molecule has 3 aromatic rings. The zero-order chi connectivity index (χ0) is 22.9. The second kappa shape index (κ2) is 8.93. The molecule has 8 nitrogen and oxygen atoms in total. The average Bonchev–Trinajstić information content (AvgIpc) is 3.26. The minimum absolute atomic E-state index is 0.0752. The van der Waals surface area contributed by atoms with E-state index in [1.807, 2.05) is 13.0 Å². The molecule has 1 saturated carbocycles. The normalized spacial score (nSPS) is 22.2. The Morgan fingerprint density at radius 1 is 1.21 bits per heavy atom. The van der Waals surface area contributed by atoms with Crippen LogP contribution in [0.1, 0.15) is 18.5 Å². The lowest BCUT2D eigenvalue weighted by Gasteiger charge is -2.38. The van der Waals surface area contributed by atoms with E-state index in [0.717, 1.165) is 48.3 Å². The van der Waals surface area contributed by atoms with Crippen molar-refractivity contribution in [2.75, 3.05) is 23.3 Å². The van der Waals surface area contributed by atoms with Crippen molar-refractivity contribution in [3.63, 3.8) is 0 Å². The molecular formula is C22H22ClF2N7O. The summed E-state index contributed by atoms with van der Waals surface area (Å²) in [6.45, 7) is 3.66. The first kappa shape index (κ1) is 21.6. The first-order valence-electron chi connectivity index (χ1n) is 10.7. The molecule has 0 radical (unpaired) electrons. The lowest BCUT2D eigenvalue weighted by Crippen LogP contribution is -2.48. The summed E-state index contributed by atoms with van der Waals surface area (Å²) in [5.41, 5.74) is 0.937. The molecule has 0 unspecified atom stereocenters. The van der Waals surface area contributed by atoms with Crippen LogP contribution in [-0.2, 0) is 0 Å². The number of fused-ring (bicyclic) bond motifs is 2. The van der Waals surface area contributed by atoms with Gasteiger partial charge in [-0.3, -0.25) is 0 Å². The van der Waals surface area contributed by atoms with E-state index in [1.165, 1.54) is 12.1 Å². The van der Waals surface area contributed by atoms with Crippen molar-refractivity contribution in [2.45, 2.75) is 25.8 Å². The number of aryl methyl sites for hydroxylation is 1. The number of halogens is 3. The smallest absolute Gasteiger partial charge is 0.326 e. The highest BCUT2D eigenvalue weighted by Gasteiger charge is 2.43. The monoisotopic (exact) mass is 473 g/mol. The molecule has 1 aliphatic heterocycles. The van der Waals surface area contributed by atoms with Gasteiger partial charge in [0.1, 0.15) is 18.5 Å². The fraction of sp³-hybridized carbons (Fsp3) is 0.364. The number of aromatic nitrogens is 5. The summed E-state index contributed by atoms with van der Waals surface area (Å²) in [5, 5.41) is 7.60. The van der Waals surface area contributed by atoms with Crippen molar-refractivity contribution in [2.24, 2.45) is 11.8 Å². The molecule has 2 fully saturated rings. The Hall–Kier alpha value is -3.27. The van der Waals surface area contributed by atoms with Crippen LogP contribution >= 0.6 is 11.6 Å². The largest absolute Gasteiger partial charge is 0.421 e. The number of nitrogens with one attached hydrogen (secondary N) is 1. The van der Waals surface area contributed by atoms with Gasteiger partial charge < -0.3 is 15.0 Å². The molecule has 1 aliphatic carbocycles. The van der Waals surface area contributed by atoms with Crippen molar-refractivity contribution in [3.8, 4) is 11.8 Å². The summed E-state index contributed by atoms with van der Waals surface area (Å²) < 4.78 is 33.8. The van der Waals surface area contributed by atoms with Crippen molar-refractivity contribution in [1.82, 2.24) is 24.7 Å². The van der Waals surface area contributed by atoms with Crippen LogP contribution in [0.5, 0.6) is 11.8 Å². The maximum Gasteiger partial charge on any atom is 0.326 e. The second-order valence-electron chi connectivity index (χ2n) is 8.28. The Morgan fingerprint density at radius 2 is 2.00 bits per heavy atom. The average molecular weight is 474 g/mol. The van der Waals surface area contributed by atoms with E-state index >= 15 is 0 Å². The topological polar surface area (TPSA) is 81.0 Å². The fourth-order valence-corrected chi connectivity index (χ4v) is 4.83. The first-order chi connectivity index (χ1) is 16.0. The van der Waals surface area contributed by atoms with E-state index in [4.69, 9.17) is 16.3 Å². The highest BCUT2D eigenvalue weighted by Crippen LogP contribution is 2.40. The molecule has 2 aliphatic rings.